The van der Waals surface area contributed by atoms with E-state index in [1.807, 2.05) is 23.1 Å². The van der Waals surface area contributed by atoms with E-state index in [4.69, 9.17) is 9.47 Å². The first-order valence-electron chi connectivity index (χ1n) is 15.7. The van der Waals surface area contributed by atoms with Crippen molar-refractivity contribution < 1.29 is 27.8 Å². The van der Waals surface area contributed by atoms with Crippen molar-refractivity contribution in [2.24, 2.45) is 5.92 Å². The molecule has 240 valence electrons. The number of carbonyl (C=O) groups excluding carboxylic acids is 2. The van der Waals surface area contributed by atoms with Gasteiger partial charge in [0.2, 0.25) is 0 Å². The van der Waals surface area contributed by atoms with Gasteiger partial charge in [-0.2, -0.15) is 0 Å². The Hall–Kier alpha value is -4.80. The average Bonchev–Trinajstić information content (AvgIpc) is 3.55. The van der Waals surface area contributed by atoms with Gasteiger partial charge in [0.15, 0.2) is 17.4 Å². The molecule has 1 saturated heterocycles. The summed E-state index contributed by atoms with van der Waals surface area (Å²) in [4.78, 5) is 41.8. The number of esters is 1. The maximum absolute atomic E-state index is 16.5. The second-order valence-electron chi connectivity index (χ2n) is 11.6. The summed E-state index contributed by atoms with van der Waals surface area (Å²) in [6, 6.07) is 6.79. The molecular weight excluding hydrogens is 592 g/mol. The third-order valence-corrected chi connectivity index (χ3v) is 8.89. The number of allylic oxidation sites excluding steroid dienone is 2. The second kappa shape index (κ2) is 13.3. The summed E-state index contributed by atoms with van der Waals surface area (Å²) in [6.07, 6.45) is 9.06. The Labute approximate surface area is 266 Å². The number of ether oxygens (including phenoxy) is 2. The summed E-state index contributed by atoms with van der Waals surface area (Å²) in [7, 11) is 1.47. The predicted molar refractivity (Wildman–Crippen MR) is 172 cm³/mol. The molecule has 4 heterocycles. The summed E-state index contributed by atoms with van der Waals surface area (Å²) in [5, 5.41) is 0.588. The lowest BCUT2D eigenvalue weighted by Gasteiger charge is -2.35. The zero-order valence-corrected chi connectivity index (χ0v) is 26.2. The van der Waals surface area contributed by atoms with Crippen LogP contribution in [0.25, 0.3) is 27.6 Å². The number of methoxy groups -OCH3 is 1. The largest absolute Gasteiger partial charge is 0.493 e. The quantitative estimate of drug-likeness (QED) is 0.232. The minimum absolute atomic E-state index is 0.236. The molecule has 1 atom stereocenters. The van der Waals surface area contributed by atoms with Crippen LogP contribution in [0.15, 0.2) is 48.9 Å². The van der Waals surface area contributed by atoms with Gasteiger partial charge in [0.05, 0.1) is 31.3 Å². The van der Waals surface area contributed by atoms with Crippen LogP contribution in [-0.2, 0) is 16.0 Å². The van der Waals surface area contributed by atoms with Crippen LogP contribution in [0.1, 0.15) is 54.7 Å². The third-order valence-electron chi connectivity index (χ3n) is 8.89. The number of aromatic amines is 1. The van der Waals surface area contributed by atoms with Gasteiger partial charge in [0.1, 0.15) is 11.5 Å². The van der Waals surface area contributed by atoms with Crippen molar-refractivity contribution in [2.75, 3.05) is 44.8 Å². The number of hydrogen-bond acceptors (Lipinski definition) is 7. The van der Waals surface area contributed by atoms with E-state index >= 15 is 4.39 Å². The molecular formula is C35H37F2N5O4. The topological polar surface area (TPSA) is 101 Å². The Bertz CT molecular complexity index is 1810. The van der Waals surface area contributed by atoms with Gasteiger partial charge in [-0.15, -0.1) is 0 Å². The normalized spacial score (nSPS) is 16.8. The van der Waals surface area contributed by atoms with Crippen molar-refractivity contribution in [3.63, 3.8) is 0 Å². The van der Waals surface area contributed by atoms with Gasteiger partial charge in [-0.05, 0) is 67.5 Å². The molecule has 0 saturated carbocycles. The van der Waals surface area contributed by atoms with Crippen LogP contribution >= 0.6 is 0 Å². The molecule has 11 heteroatoms. The van der Waals surface area contributed by atoms with E-state index in [2.05, 4.69) is 21.9 Å². The minimum atomic E-state index is -0.487. The lowest BCUT2D eigenvalue weighted by Crippen LogP contribution is -2.49. The Morgan fingerprint density at radius 2 is 1.85 bits per heavy atom. The van der Waals surface area contributed by atoms with Gasteiger partial charge in [-0.1, -0.05) is 13.0 Å². The molecule has 1 fully saturated rings. The standard InChI is InChI=1S/C35H37F2N5O4/c1-4-21-9-10-38-20-28(21)26-17-25(22-7-6-8-23(15-22)35(44)46-5-2)31(37)32-27(26)18-29(40-32)34(43)42-13-11-41(12-14-42)33-30(45-3)16-24(36)19-39-33/h7,9-10,16-20,23,40H,4-6,8,11-15H2,1-3H3. The van der Waals surface area contributed by atoms with Gasteiger partial charge in [-0.25, -0.2) is 13.8 Å². The predicted octanol–water partition coefficient (Wildman–Crippen LogP) is 6.18. The highest BCUT2D eigenvalue weighted by atomic mass is 19.1. The Kier molecular flexibility index (Phi) is 9.01. The van der Waals surface area contributed by atoms with Crippen molar-refractivity contribution in [2.45, 2.75) is 39.5 Å². The van der Waals surface area contributed by atoms with Crippen LogP contribution in [0.5, 0.6) is 5.75 Å². The number of H-pyrrole nitrogens is 1. The zero-order valence-electron chi connectivity index (χ0n) is 26.2. The van der Waals surface area contributed by atoms with Gasteiger partial charge in [-0.3, -0.25) is 14.6 Å². The van der Waals surface area contributed by atoms with Gasteiger partial charge in [0, 0.05) is 61.2 Å². The molecule has 9 nitrogen and oxygen atoms in total. The highest BCUT2D eigenvalue weighted by Gasteiger charge is 2.30. The molecule has 1 aliphatic heterocycles. The fourth-order valence-electron chi connectivity index (χ4n) is 6.49. The Morgan fingerprint density at radius 3 is 2.59 bits per heavy atom. The molecule has 3 aromatic heterocycles. The molecule has 1 aliphatic carbocycles. The molecule has 46 heavy (non-hydrogen) atoms. The van der Waals surface area contributed by atoms with Crippen LogP contribution in [0.3, 0.4) is 0 Å². The third kappa shape index (κ3) is 5.93. The SMILES string of the molecule is CCOC(=O)C1CCC=C(c2cc(-c3cnccc3CC)c3cc(C(=O)N4CCN(c5ncc(F)cc5OC)CC4)[nH]c3c2F)C1. The molecule has 1 unspecified atom stereocenters. The Morgan fingerprint density at radius 1 is 1.04 bits per heavy atom. The monoisotopic (exact) mass is 629 g/mol. The molecule has 0 spiro atoms. The fraction of sp³-hybridized carbons (Fsp3) is 0.371. The van der Waals surface area contributed by atoms with Crippen LogP contribution < -0.4 is 9.64 Å². The summed E-state index contributed by atoms with van der Waals surface area (Å²) in [6.45, 7) is 5.85. The number of pyridine rings is 2. The molecule has 4 aromatic rings. The van der Waals surface area contributed by atoms with E-state index in [1.165, 1.54) is 13.2 Å². The smallest absolute Gasteiger partial charge is 0.309 e. The second-order valence-corrected chi connectivity index (χ2v) is 11.6. The molecule has 1 aromatic carbocycles. The van der Waals surface area contributed by atoms with Crippen LogP contribution in [0, 0.1) is 17.6 Å². The maximum Gasteiger partial charge on any atom is 0.309 e. The first-order chi connectivity index (χ1) is 22.3. The number of carbonyl (C=O) groups is 2. The number of fused-ring (bicyclic) bond motifs is 1. The lowest BCUT2D eigenvalue weighted by atomic mass is 9.84. The van der Waals surface area contributed by atoms with Gasteiger partial charge in [0.25, 0.3) is 5.91 Å². The van der Waals surface area contributed by atoms with E-state index in [1.54, 1.807) is 30.3 Å². The maximum atomic E-state index is 16.5. The number of benzene rings is 1. The molecule has 2 aliphatic rings. The van der Waals surface area contributed by atoms with Gasteiger partial charge >= 0.3 is 5.97 Å². The number of aryl methyl sites for hydroxylation is 1. The van der Waals surface area contributed by atoms with Crippen molar-refractivity contribution in [1.82, 2.24) is 19.9 Å². The van der Waals surface area contributed by atoms with Gasteiger partial charge < -0.3 is 24.3 Å². The molecule has 1 N–H and O–H groups in total. The number of amides is 1. The van der Waals surface area contributed by atoms with Crippen molar-refractivity contribution in [3.8, 4) is 16.9 Å². The summed E-state index contributed by atoms with van der Waals surface area (Å²) in [5.41, 5.74) is 4.34. The number of halogens is 2. The summed E-state index contributed by atoms with van der Waals surface area (Å²) >= 11 is 0. The van der Waals surface area contributed by atoms with Crippen molar-refractivity contribution >= 4 is 34.2 Å². The number of anilines is 1. The van der Waals surface area contributed by atoms with Crippen LogP contribution in [-0.4, -0.2) is 71.6 Å². The van der Waals surface area contributed by atoms with E-state index in [9.17, 15) is 14.0 Å². The van der Waals surface area contributed by atoms with E-state index in [-0.39, 0.29) is 29.0 Å². The number of aromatic nitrogens is 3. The molecule has 1 amide bonds. The highest BCUT2D eigenvalue weighted by Crippen LogP contribution is 2.40. The number of hydrogen-bond donors (Lipinski definition) is 1. The van der Waals surface area contributed by atoms with Crippen LogP contribution in [0.4, 0.5) is 14.6 Å². The summed E-state index contributed by atoms with van der Waals surface area (Å²) < 4.78 is 40.8. The highest BCUT2D eigenvalue weighted by molar-refractivity contribution is 6.05. The fourth-order valence-corrected chi connectivity index (χ4v) is 6.49. The van der Waals surface area contributed by atoms with Crippen LogP contribution in [0.2, 0.25) is 0 Å². The zero-order chi connectivity index (χ0) is 32.4. The summed E-state index contributed by atoms with van der Waals surface area (Å²) in [5.74, 6) is -0.954. The Balaban J connectivity index is 1.34. The molecule has 0 bridgehead atoms. The molecule has 0 radical (unpaired) electrons. The minimum Gasteiger partial charge on any atom is -0.493 e. The first-order valence-corrected chi connectivity index (χ1v) is 15.7. The van der Waals surface area contributed by atoms with Crippen molar-refractivity contribution in [3.05, 3.63) is 77.4 Å². The molecule has 6 rings (SSSR count). The van der Waals surface area contributed by atoms with E-state index in [0.29, 0.717) is 74.6 Å². The lowest BCUT2D eigenvalue weighted by molar-refractivity contribution is -0.148. The van der Waals surface area contributed by atoms with E-state index < -0.39 is 11.6 Å². The average molecular weight is 630 g/mol. The van der Waals surface area contributed by atoms with Crippen molar-refractivity contribution in [1.29, 1.82) is 0 Å². The first kappa shape index (κ1) is 31.2. The number of nitrogens with one attached hydrogen (secondary N) is 1. The number of rotatable bonds is 8. The number of piperazine rings is 1. The van der Waals surface area contributed by atoms with E-state index in [0.717, 1.165) is 34.9 Å². The number of nitrogens with zero attached hydrogens (tertiary/aromatic N) is 4.